The average Bonchev–Trinajstić information content (AvgIpc) is 3.44. The third-order valence-corrected chi connectivity index (χ3v) is 9.92. The van der Waals surface area contributed by atoms with E-state index in [1.807, 2.05) is 75.4 Å². The van der Waals surface area contributed by atoms with Gasteiger partial charge in [-0.3, -0.25) is 4.79 Å². The van der Waals surface area contributed by atoms with Crippen LogP contribution in [0.15, 0.2) is 89.3 Å². The zero-order valence-electron chi connectivity index (χ0n) is 31.2. The number of ether oxygens (including phenoxy) is 1. The quantitative estimate of drug-likeness (QED) is 0.0284. The number of carbonyl (C=O) groups excluding carboxylic acids is 2. The van der Waals surface area contributed by atoms with E-state index in [2.05, 4.69) is 16.6 Å². The van der Waals surface area contributed by atoms with Gasteiger partial charge in [0.15, 0.2) is 12.4 Å². The first kappa shape index (κ1) is 38.5. The molecule has 5 aromatic rings. The maximum Gasteiger partial charge on any atom is 0.340 e. The molecular weight excluding hydrogens is 696 g/mol. The van der Waals surface area contributed by atoms with Gasteiger partial charge in [-0.25, -0.2) is 13.6 Å². The Balaban J connectivity index is 1.60. The van der Waals surface area contributed by atoms with Crippen LogP contribution >= 0.6 is 0 Å². The van der Waals surface area contributed by atoms with E-state index in [1.165, 1.54) is 6.92 Å². The van der Waals surface area contributed by atoms with Crippen LogP contribution in [-0.2, 0) is 20.9 Å². The van der Waals surface area contributed by atoms with E-state index >= 15 is 0 Å². The van der Waals surface area contributed by atoms with Crippen LogP contribution < -0.4 is 0 Å². The van der Waals surface area contributed by atoms with Crippen LogP contribution in [0.25, 0.3) is 32.6 Å². The number of halogens is 4. The molecule has 1 aliphatic carbocycles. The smallest absolute Gasteiger partial charge is 0.340 e. The molecule has 1 aromatic heterocycles. The highest BCUT2D eigenvalue weighted by Crippen LogP contribution is 2.39. The molecule has 10 heteroatoms. The molecule has 6 rings (SSSR count). The Labute approximate surface area is 312 Å². The summed E-state index contributed by atoms with van der Waals surface area (Å²) in [5.41, 5.74) is 6.80. The Bertz CT molecular complexity index is 2330. The SMILES string of the molecule is CCCCCCn1c2ccc(/C(=N\OC(C)=O)C3=C(OCC(F)(F)C(F)F)CCC=C3)cc2c2cc(C(=O)c3c(C)cc(C)cc3C)c3ccccc3c21. The summed E-state index contributed by atoms with van der Waals surface area (Å²) in [5.74, 6) is -5.12. The Hall–Kier alpha value is -5.25. The second-order valence-corrected chi connectivity index (χ2v) is 14.1. The molecule has 0 radical (unpaired) electrons. The third-order valence-electron chi connectivity index (χ3n) is 9.92. The number of benzene rings is 4. The van der Waals surface area contributed by atoms with Crippen molar-refractivity contribution in [2.24, 2.45) is 5.16 Å². The molecule has 1 aliphatic rings. The predicted molar refractivity (Wildman–Crippen MR) is 206 cm³/mol. The molecule has 0 N–H and O–H groups in total. The predicted octanol–water partition coefficient (Wildman–Crippen LogP) is 11.5. The van der Waals surface area contributed by atoms with Crippen LogP contribution in [0.4, 0.5) is 17.6 Å². The summed E-state index contributed by atoms with van der Waals surface area (Å²) in [5, 5.41) is 7.56. The van der Waals surface area contributed by atoms with Gasteiger partial charge in [-0.15, -0.1) is 0 Å². The zero-order chi connectivity index (χ0) is 38.7. The minimum absolute atomic E-state index is 0.0323. The molecule has 1 heterocycles. The van der Waals surface area contributed by atoms with Crippen molar-refractivity contribution in [2.75, 3.05) is 6.61 Å². The summed E-state index contributed by atoms with van der Waals surface area (Å²) in [4.78, 5) is 31.7. The van der Waals surface area contributed by atoms with Gasteiger partial charge in [-0.2, -0.15) is 8.78 Å². The van der Waals surface area contributed by atoms with Crippen molar-refractivity contribution in [1.29, 1.82) is 0 Å². The van der Waals surface area contributed by atoms with Crippen molar-refractivity contribution in [1.82, 2.24) is 4.57 Å². The number of ketones is 1. The lowest BCUT2D eigenvalue weighted by Crippen LogP contribution is -2.32. The number of fused-ring (bicyclic) bond motifs is 5. The van der Waals surface area contributed by atoms with Gasteiger partial charge < -0.3 is 14.1 Å². The van der Waals surface area contributed by atoms with Gasteiger partial charge >= 0.3 is 18.3 Å². The van der Waals surface area contributed by atoms with E-state index in [4.69, 9.17) is 9.57 Å². The second-order valence-electron chi connectivity index (χ2n) is 14.1. The Morgan fingerprint density at radius 2 is 1.63 bits per heavy atom. The van der Waals surface area contributed by atoms with Gasteiger partial charge in [0.25, 0.3) is 0 Å². The summed E-state index contributed by atoms with van der Waals surface area (Å²) in [6.07, 6.45) is 4.24. The molecule has 0 fully saturated rings. The minimum Gasteiger partial charge on any atom is -0.491 e. The van der Waals surface area contributed by atoms with Crippen molar-refractivity contribution in [3.05, 3.63) is 118 Å². The van der Waals surface area contributed by atoms with Crippen LogP contribution in [0.5, 0.6) is 0 Å². The normalized spacial score (nSPS) is 13.9. The molecule has 0 saturated carbocycles. The Morgan fingerprint density at radius 3 is 2.31 bits per heavy atom. The molecule has 0 spiro atoms. The van der Waals surface area contributed by atoms with Crippen molar-refractivity contribution < 1.29 is 36.7 Å². The van der Waals surface area contributed by atoms with Crippen molar-refractivity contribution >= 4 is 50.0 Å². The molecule has 0 amide bonds. The third kappa shape index (κ3) is 7.70. The second kappa shape index (κ2) is 16.0. The maximum atomic E-state index is 14.6. The molecule has 6 nitrogen and oxygen atoms in total. The first-order valence-corrected chi connectivity index (χ1v) is 18.4. The van der Waals surface area contributed by atoms with E-state index in [9.17, 15) is 27.2 Å². The standard InChI is InChI=1S/C44H44F4N2O4/c1-6-7-8-13-20-50-37-19-18-30(40(49-54-29(5)51)33-16-11-12-17-38(33)53-25-44(47,48)43(45)46)23-34(37)35-24-36(31-14-9-10-15-32(31)41(35)50)42(52)39-27(3)21-26(2)22-28(39)4/h9-11,14-16,18-19,21-24,43H,6-8,12-13,17,20,25H2,1-5H3/b49-40+. The molecule has 0 saturated heterocycles. The number of carbonyl (C=O) groups is 2. The number of aryl methyl sites for hydroxylation is 4. The maximum absolute atomic E-state index is 14.6. The van der Waals surface area contributed by atoms with Gasteiger partial charge in [0.1, 0.15) is 11.5 Å². The average molecular weight is 741 g/mol. The summed E-state index contributed by atoms with van der Waals surface area (Å²) in [7, 11) is 0. The highest BCUT2D eigenvalue weighted by molar-refractivity contribution is 6.27. The molecule has 0 unspecified atom stereocenters. The van der Waals surface area contributed by atoms with E-state index in [0.29, 0.717) is 23.1 Å². The fourth-order valence-electron chi connectivity index (χ4n) is 7.52. The highest BCUT2D eigenvalue weighted by Gasteiger charge is 2.42. The number of alkyl halides is 4. The number of rotatable bonds is 14. The Morgan fingerprint density at radius 1 is 0.907 bits per heavy atom. The molecular formula is C44H44F4N2O4. The largest absolute Gasteiger partial charge is 0.491 e. The first-order chi connectivity index (χ1) is 25.8. The lowest BCUT2D eigenvalue weighted by atomic mass is 9.89. The number of aromatic nitrogens is 1. The van der Waals surface area contributed by atoms with Crippen LogP contribution in [-0.4, -0.2) is 41.0 Å². The molecule has 0 aliphatic heterocycles. The zero-order valence-corrected chi connectivity index (χ0v) is 31.2. The fraction of sp³-hybridized carbons (Fsp3) is 0.341. The topological polar surface area (TPSA) is 69.9 Å². The van der Waals surface area contributed by atoms with Gasteiger partial charge in [0.05, 0.1) is 5.52 Å². The van der Waals surface area contributed by atoms with E-state index in [0.717, 1.165) is 81.5 Å². The number of hydrogen-bond donors (Lipinski definition) is 0. The molecule has 282 valence electrons. The monoisotopic (exact) mass is 740 g/mol. The van der Waals surface area contributed by atoms with Crippen molar-refractivity contribution in [2.45, 2.75) is 92.0 Å². The van der Waals surface area contributed by atoms with Crippen LogP contribution in [0.1, 0.15) is 90.5 Å². The van der Waals surface area contributed by atoms with Gasteiger partial charge in [0, 0.05) is 63.8 Å². The van der Waals surface area contributed by atoms with Crippen molar-refractivity contribution in [3.8, 4) is 0 Å². The van der Waals surface area contributed by atoms with E-state index in [-0.39, 0.29) is 29.2 Å². The van der Waals surface area contributed by atoms with Gasteiger partial charge in [0.2, 0.25) is 0 Å². The highest BCUT2D eigenvalue weighted by atomic mass is 19.3. The van der Waals surface area contributed by atoms with E-state index < -0.39 is 24.9 Å². The minimum atomic E-state index is -4.36. The number of hydrogen-bond acceptors (Lipinski definition) is 5. The summed E-state index contributed by atoms with van der Waals surface area (Å²) < 4.78 is 61.7. The number of oxime groups is 1. The number of nitrogens with zero attached hydrogens (tertiary/aromatic N) is 2. The van der Waals surface area contributed by atoms with Crippen LogP contribution in [0, 0.1) is 20.8 Å². The fourth-order valence-corrected chi connectivity index (χ4v) is 7.52. The summed E-state index contributed by atoms with van der Waals surface area (Å²) >= 11 is 0. The lowest BCUT2D eigenvalue weighted by Gasteiger charge is -2.21. The summed E-state index contributed by atoms with van der Waals surface area (Å²) in [6.45, 7) is 8.47. The van der Waals surface area contributed by atoms with Crippen LogP contribution in [0.2, 0.25) is 0 Å². The lowest BCUT2D eigenvalue weighted by molar-refractivity contribution is -0.158. The molecule has 0 atom stereocenters. The van der Waals surface area contributed by atoms with E-state index in [1.54, 1.807) is 18.2 Å². The first-order valence-electron chi connectivity index (χ1n) is 18.4. The molecule has 4 aromatic carbocycles. The molecule has 54 heavy (non-hydrogen) atoms. The Kier molecular flexibility index (Phi) is 11.4. The van der Waals surface area contributed by atoms with Crippen molar-refractivity contribution in [3.63, 3.8) is 0 Å². The summed E-state index contributed by atoms with van der Waals surface area (Å²) in [6, 6.07) is 19.5. The number of allylic oxidation sites excluding steroid dienone is 4. The van der Waals surface area contributed by atoms with Gasteiger partial charge in [-0.1, -0.05) is 91.5 Å². The van der Waals surface area contributed by atoms with Gasteiger partial charge in [-0.05, 0) is 68.3 Å². The number of unbranched alkanes of at least 4 members (excludes halogenated alkanes) is 3. The van der Waals surface area contributed by atoms with Crippen LogP contribution in [0.3, 0.4) is 0 Å². The molecule has 0 bridgehead atoms.